The van der Waals surface area contributed by atoms with Gasteiger partial charge < -0.3 is 5.73 Å². The standard InChI is InChI=1S/C14H18BrN3/c1-10-14(15)11(2)18(17-10)9-13-6-4-3-5-12(13)7-8-16/h3-6H,7-9,16H2,1-2H3. The minimum absolute atomic E-state index is 0.678. The number of hydrogen-bond acceptors (Lipinski definition) is 2. The minimum Gasteiger partial charge on any atom is -0.330 e. The van der Waals surface area contributed by atoms with Gasteiger partial charge in [-0.3, -0.25) is 4.68 Å². The van der Waals surface area contributed by atoms with Gasteiger partial charge in [-0.1, -0.05) is 24.3 Å². The molecule has 4 heteroatoms. The summed E-state index contributed by atoms with van der Waals surface area (Å²) in [6.07, 6.45) is 0.913. The molecule has 1 aromatic heterocycles. The van der Waals surface area contributed by atoms with E-state index in [1.807, 2.05) is 11.6 Å². The van der Waals surface area contributed by atoms with Gasteiger partial charge in [0.25, 0.3) is 0 Å². The molecule has 0 amide bonds. The minimum atomic E-state index is 0.678. The molecule has 0 aliphatic carbocycles. The van der Waals surface area contributed by atoms with Crippen molar-refractivity contribution >= 4 is 15.9 Å². The second kappa shape index (κ2) is 5.67. The van der Waals surface area contributed by atoms with Crippen molar-refractivity contribution in [1.29, 1.82) is 0 Å². The average molecular weight is 308 g/mol. The molecule has 0 saturated heterocycles. The number of benzene rings is 1. The van der Waals surface area contributed by atoms with Gasteiger partial charge in [0.05, 0.1) is 22.4 Å². The molecule has 3 nitrogen and oxygen atoms in total. The van der Waals surface area contributed by atoms with Crippen molar-refractivity contribution in [3.63, 3.8) is 0 Å². The summed E-state index contributed by atoms with van der Waals surface area (Å²) in [6.45, 7) is 5.57. The van der Waals surface area contributed by atoms with E-state index in [-0.39, 0.29) is 0 Å². The van der Waals surface area contributed by atoms with Crippen molar-refractivity contribution in [3.05, 3.63) is 51.3 Å². The number of aryl methyl sites for hydroxylation is 1. The van der Waals surface area contributed by atoms with Crippen LogP contribution in [0.25, 0.3) is 0 Å². The Hall–Kier alpha value is -1.13. The molecule has 0 aliphatic rings. The first-order valence-electron chi connectivity index (χ1n) is 6.10. The normalized spacial score (nSPS) is 10.9. The Morgan fingerprint density at radius 1 is 1.22 bits per heavy atom. The molecule has 0 atom stereocenters. The smallest absolute Gasteiger partial charge is 0.0738 e. The Morgan fingerprint density at radius 3 is 2.44 bits per heavy atom. The number of aromatic nitrogens is 2. The maximum absolute atomic E-state index is 5.65. The van der Waals surface area contributed by atoms with Gasteiger partial charge in [-0.25, -0.2) is 0 Å². The Balaban J connectivity index is 2.31. The van der Waals surface area contributed by atoms with Gasteiger partial charge in [-0.2, -0.15) is 5.10 Å². The van der Waals surface area contributed by atoms with Gasteiger partial charge in [-0.05, 0) is 53.9 Å². The van der Waals surface area contributed by atoms with Gasteiger partial charge in [0.2, 0.25) is 0 Å². The highest BCUT2D eigenvalue weighted by molar-refractivity contribution is 9.10. The zero-order chi connectivity index (χ0) is 13.1. The fourth-order valence-electron chi connectivity index (χ4n) is 2.10. The number of rotatable bonds is 4. The molecule has 2 N–H and O–H groups in total. The Bertz CT molecular complexity index is 546. The number of nitrogens with two attached hydrogens (primary N) is 1. The quantitative estimate of drug-likeness (QED) is 0.944. The number of hydrogen-bond donors (Lipinski definition) is 1. The van der Waals surface area contributed by atoms with Crippen molar-refractivity contribution < 1.29 is 0 Å². The third kappa shape index (κ3) is 2.65. The van der Waals surface area contributed by atoms with Crippen LogP contribution >= 0.6 is 15.9 Å². The lowest BCUT2D eigenvalue weighted by molar-refractivity contribution is 0.653. The molecule has 0 fully saturated rings. The highest BCUT2D eigenvalue weighted by Crippen LogP contribution is 2.21. The monoisotopic (exact) mass is 307 g/mol. The van der Waals surface area contributed by atoms with Crippen LogP contribution in [-0.2, 0) is 13.0 Å². The first kappa shape index (κ1) is 13.3. The van der Waals surface area contributed by atoms with E-state index in [2.05, 4.69) is 52.2 Å². The van der Waals surface area contributed by atoms with Crippen LogP contribution in [0.1, 0.15) is 22.5 Å². The van der Waals surface area contributed by atoms with Crippen LogP contribution in [0.15, 0.2) is 28.7 Å². The van der Waals surface area contributed by atoms with E-state index in [9.17, 15) is 0 Å². The predicted molar refractivity (Wildman–Crippen MR) is 77.7 cm³/mol. The maximum atomic E-state index is 5.65. The van der Waals surface area contributed by atoms with E-state index in [0.717, 1.165) is 28.8 Å². The molecule has 0 unspecified atom stereocenters. The van der Waals surface area contributed by atoms with E-state index in [0.29, 0.717) is 6.54 Å². The third-order valence-electron chi connectivity index (χ3n) is 3.15. The summed E-state index contributed by atoms with van der Waals surface area (Å²) in [7, 11) is 0. The first-order valence-corrected chi connectivity index (χ1v) is 6.89. The molecule has 0 aliphatic heterocycles. The molecule has 2 rings (SSSR count). The lowest BCUT2D eigenvalue weighted by Gasteiger charge is -2.10. The largest absolute Gasteiger partial charge is 0.330 e. The van der Waals surface area contributed by atoms with Crippen molar-refractivity contribution in [2.75, 3.05) is 6.54 Å². The lowest BCUT2D eigenvalue weighted by Crippen LogP contribution is -2.09. The fourth-order valence-corrected chi connectivity index (χ4v) is 2.39. The average Bonchev–Trinajstić information content (AvgIpc) is 2.60. The van der Waals surface area contributed by atoms with Gasteiger partial charge in [-0.15, -0.1) is 0 Å². The van der Waals surface area contributed by atoms with Crippen molar-refractivity contribution in [1.82, 2.24) is 9.78 Å². The van der Waals surface area contributed by atoms with Gasteiger partial charge in [0.15, 0.2) is 0 Å². The second-order valence-corrected chi connectivity index (χ2v) is 5.24. The predicted octanol–water partition coefficient (Wildman–Crippen LogP) is 2.81. The van der Waals surface area contributed by atoms with Crippen LogP contribution in [0.2, 0.25) is 0 Å². The van der Waals surface area contributed by atoms with Gasteiger partial charge in [0.1, 0.15) is 0 Å². The second-order valence-electron chi connectivity index (χ2n) is 4.45. The summed E-state index contributed by atoms with van der Waals surface area (Å²) in [6, 6.07) is 8.42. The SMILES string of the molecule is Cc1nn(Cc2ccccc2CCN)c(C)c1Br. The van der Waals surface area contributed by atoms with Crippen molar-refractivity contribution in [3.8, 4) is 0 Å². The Morgan fingerprint density at radius 2 is 1.89 bits per heavy atom. The van der Waals surface area contributed by atoms with E-state index in [4.69, 9.17) is 5.73 Å². The highest BCUT2D eigenvalue weighted by atomic mass is 79.9. The fraction of sp³-hybridized carbons (Fsp3) is 0.357. The molecule has 1 aromatic carbocycles. The highest BCUT2D eigenvalue weighted by Gasteiger charge is 2.10. The Kier molecular flexibility index (Phi) is 4.19. The van der Waals surface area contributed by atoms with Crippen LogP contribution in [0.5, 0.6) is 0 Å². The summed E-state index contributed by atoms with van der Waals surface area (Å²) in [5.74, 6) is 0. The van der Waals surface area contributed by atoms with E-state index >= 15 is 0 Å². The molecule has 0 saturated carbocycles. The summed E-state index contributed by atoms with van der Waals surface area (Å²) in [4.78, 5) is 0. The Labute approximate surface area is 116 Å². The van der Waals surface area contributed by atoms with Crippen LogP contribution in [-0.4, -0.2) is 16.3 Å². The van der Waals surface area contributed by atoms with Crippen LogP contribution < -0.4 is 5.73 Å². The summed E-state index contributed by atoms with van der Waals surface area (Å²) < 4.78 is 3.13. The van der Waals surface area contributed by atoms with E-state index < -0.39 is 0 Å². The number of nitrogens with zero attached hydrogens (tertiary/aromatic N) is 2. The molecule has 96 valence electrons. The van der Waals surface area contributed by atoms with Crippen LogP contribution in [0.3, 0.4) is 0 Å². The number of halogens is 1. The summed E-state index contributed by atoms with van der Waals surface area (Å²) >= 11 is 3.56. The molecule has 0 radical (unpaired) electrons. The van der Waals surface area contributed by atoms with Crippen molar-refractivity contribution in [2.45, 2.75) is 26.8 Å². The first-order chi connectivity index (χ1) is 8.63. The molecular formula is C14H18BrN3. The zero-order valence-electron chi connectivity index (χ0n) is 10.8. The molecule has 18 heavy (non-hydrogen) atoms. The van der Waals surface area contributed by atoms with Crippen LogP contribution in [0.4, 0.5) is 0 Å². The molecule has 0 spiro atoms. The summed E-state index contributed by atoms with van der Waals surface area (Å²) in [5.41, 5.74) is 10.4. The molecule has 2 aromatic rings. The van der Waals surface area contributed by atoms with E-state index in [1.54, 1.807) is 0 Å². The maximum Gasteiger partial charge on any atom is 0.0738 e. The zero-order valence-corrected chi connectivity index (χ0v) is 12.4. The topological polar surface area (TPSA) is 43.8 Å². The molecule has 0 bridgehead atoms. The lowest BCUT2D eigenvalue weighted by atomic mass is 10.0. The molecule has 1 heterocycles. The van der Waals surface area contributed by atoms with Crippen molar-refractivity contribution in [2.24, 2.45) is 5.73 Å². The van der Waals surface area contributed by atoms with Crippen LogP contribution in [0, 0.1) is 13.8 Å². The summed E-state index contributed by atoms with van der Waals surface area (Å²) in [5, 5.41) is 4.54. The van der Waals surface area contributed by atoms with Gasteiger partial charge in [0, 0.05) is 0 Å². The third-order valence-corrected chi connectivity index (χ3v) is 4.29. The van der Waals surface area contributed by atoms with Gasteiger partial charge >= 0.3 is 0 Å². The van der Waals surface area contributed by atoms with E-state index in [1.165, 1.54) is 11.1 Å². The molecular weight excluding hydrogens is 290 g/mol.